The number of aromatic nitrogens is 5. The van der Waals surface area contributed by atoms with E-state index in [1.807, 2.05) is 25.1 Å². The van der Waals surface area contributed by atoms with E-state index in [9.17, 15) is 9.59 Å². The summed E-state index contributed by atoms with van der Waals surface area (Å²) in [5.41, 5.74) is 0.263. The van der Waals surface area contributed by atoms with Gasteiger partial charge in [-0.15, -0.1) is 10.2 Å². The smallest absolute Gasteiger partial charge is 0.267 e. The van der Waals surface area contributed by atoms with Gasteiger partial charge in [-0.05, 0) is 18.6 Å². The van der Waals surface area contributed by atoms with Crippen LogP contribution in [0.15, 0.2) is 39.9 Å². The molecule has 1 aromatic carbocycles. The molecule has 0 spiro atoms. The Balaban J connectivity index is 2.45. The first kappa shape index (κ1) is 12.3. The second-order valence-corrected chi connectivity index (χ2v) is 4.41. The van der Waals surface area contributed by atoms with Gasteiger partial charge in [-0.1, -0.05) is 25.1 Å². The van der Waals surface area contributed by atoms with Gasteiger partial charge in [-0.3, -0.25) is 9.36 Å². The summed E-state index contributed by atoms with van der Waals surface area (Å²) in [6, 6.07) is 9.08. The van der Waals surface area contributed by atoms with E-state index in [2.05, 4.69) is 15.4 Å². The summed E-state index contributed by atoms with van der Waals surface area (Å²) in [6.07, 6.45) is 0.688. The van der Waals surface area contributed by atoms with E-state index in [0.717, 1.165) is 0 Å². The molecule has 7 nitrogen and oxygen atoms in total. The van der Waals surface area contributed by atoms with Gasteiger partial charge >= 0.3 is 5.69 Å². The number of rotatable bonds is 3. The lowest BCUT2D eigenvalue weighted by Crippen LogP contribution is -2.39. The molecule has 0 aliphatic heterocycles. The second kappa shape index (κ2) is 4.76. The van der Waals surface area contributed by atoms with Crippen LogP contribution < -0.4 is 11.2 Å². The third-order valence-electron chi connectivity index (χ3n) is 3.07. The normalized spacial score (nSPS) is 11.1. The third-order valence-corrected chi connectivity index (χ3v) is 3.07. The van der Waals surface area contributed by atoms with Gasteiger partial charge in [-0.25, -0.2) is 9.36 Å². The predicted molar refractivity (Wildman–Crippen MR) is 74.0 cm³/mol. The molecule has 102 valence electrons. The number of para-hydroxylation sites is 1. The fourth-order valence-corrected chi connectivity index (χ4v) is 2.18. The van der Waals surface area contributed by atoms with Gasteiger partial charge < -0.3 is 0 Å². The van der Waals surface area contributed by atoms with E-state index >= 15 is 0 Å². The summed E-state index contributed by atoms with van der Waals surface area (Å²) in [5.74, 6) is 0. The standard InChI is InChI=1S/C13H13N5O2/c1-2-8-17-12(19)10-11(15-16-14-10)18(13(17)20)9-6-4-3-5-7-9/h3-7H,2,8H2,1H3,(H,14,15,16). The Labute approximate surface area is 113 Å². The molecule has 1 N–H and O–H groups in total. The monoisotopic (exact) mass is 271 g/mol. The molecular formula is C13H13N5O2. The summed E-state index contributed by atoms with van der Waals surface area (Å²) in [6.45, 7) is 2.26. The topological polar surface area (TPSA) is 85.6 Å². The van der Waals surface area contributed by atoms with Gasteiger partial charge in [0, 0.05) is 6.54 Å². The molecule has 0 atom stereocenters. The Morgan fingerprint density at radius 2 is 1.90 bits per heavy atom. The number of hydrogen-bond acceptors (Lipinski definition) is 4. The molecule has 0 saturated carbocycles. The van der Waals surface area contributed by atoms with Crippen molar-refractivity contribution in [2.24, 2.45) is 0 Å². The van der Waals surface area contributed by atoms with Gasteiger partial charge in [0.1, 0.15) is 0 Å². The van der Waals surface area contributed by atoms with Crippen molar-refractivity contribution in [1.82, 2.24) is 24.5 Å². The summed E-state index contributed by atoms with van der Waals surface area (Å²) in [7, 11) is 0. The zero-order valence-corrected chi connectivity index (χ0v) is 10.9. The molecule has 0 radical (unpaired) electrons. The van der Waals surface area contributed by atoms with Crippen LogP contribution >= 0.6 is 0 Å². The van der Waals surface area contributed by atoms with Crippen LogP contribution in [0.5, 0.6) is 0 Å². The van der Waals surface area contributed by atoms with Crippen molar-refractivity contribution < 1.29 is 0 Å². The van der Waals surface area contributed by atoms with Crippen LogP contribution in [0.1, 0.15) is 13.3 Å². The largest absolute Gasteiger partial charge is 0.337 e. The molecule has 0 aliphatic carbocycles. The van der Waals surface area contributed by atoms with Crippen LogP contribution in [-0.4, -0.2) is 24.5 Å². The highest BCUT2D eigenvalue weighted by atomic mass is 16.2. The Kier molecular flexibility index (Phi) is 2.94. The SMILES string of the molecule is CCCn1c(=O)c2n[nH]nc2n(-c2ccccc2)c1=O. The van der Waals surface area contributed by atoms with Crippen LogP contribution in [-0.2, 0) is 6.54 Å². The van der Waals surface area contributed by atoms with Crippen molar-refractivity contribution in [3.63, 3.8) is 0 Å². The number of fused-ring (bicyclic) bond motifs is 1. The lowest BCUT2D eigenvalue weighted by Gasteiger charge is -2.09. The highest BCUT2D eigenvalue weighted by Crippen LogP contribution is 2.09. The third kappa shape index (κ3) is 1.75. The average molecular weight is 271 g/mol. The molecule has 0 bridgehead atoms. The second-order valence-electron chi connectivity index (χ2n) is 4.41. The highest BCUT2D eigenvalue weighted by Gasteiger charge is 2.16. The predicted octanol–water partition coefficient (Wildman–Crippen LogP) is 0.680. The van der Waals surface area contributed by atoms with Crippen LogP contribution in [0.4, 0.5) is 0 Å². The Bertz CT molecular complexity index is 860. The minimum atomic E-state index is -0.409. The summed E-state index contributed by atoms with van der Waals surface area (Å²) in [5, 5.41) is 10.2. The first-order valence-electron chi connectivity index (χ1n) is 6.35. The van der Waals surface area contributed by atoms with Crippen LogP contribution in [0.2, 0.25) is 0 Å². The number of hydrogen-bond donors (Lipinski definition) is 1. The number of nitrogens with one attached hydrogen (secondary N) is 1. The molecule has 0 saturated heterocycles. The molecule has 3 rings (SSSR count). The van der Waals surface area contributed by atoms with Crippen molar-refractivity contribution in [1.29, 1.82) is 0 Å². The molecule has 0 unspecified atom stereocenters. The maximum absolute atomic E-state index is 12.5. The Morgan fingerprint density at radius 3 is 2.60 bits per heavy atom. The number of aromatic amines is 1. The average Bonchev–Trinajstić information content (AvgIpc) is 2.94. The highest BCUT2D eigenvalue weighted by molar-refractivity contribution is 5.70. The first-order valence-corrected chi connectivity index (χ1v) is 6.35. The van der Waals surface area contributed by atoms with Crippen molar-refractivity contribution >= 4 is 11.2 Å². The van der Waals surface area contributed by atoms with Crippen molar-refractivity contribution in [3.8, 4) is 5.69 Å². The fourth-order valence-electron chi connectivity index (χ4n) is 2.18. The summed E-state index contributed by atoms with van der Waals surface area (Å²) < 4.78 is 2.59. The van der Waals surface area contributed by atoms with Crippen molar-refractivity contribution in [3.05, 3.63) is 51.2 Å². The quantitative estimate of drug-likeness (QED) is 0.759. The zero-order valence-electron chi connectivity index (χ0n) is 10.9. The van der Waals surface area contributed by atoms with E-state index in [1.54, 1.807) is 12.1 Å². The fraction of sp³-hybridized carbons (Fsp3) is 0.231. The van der Waals surface area contributed by atoms with Gasteiger partial charge in [0.05, 0.1) is 5.69 Å². The van der Waals surface area contributed by atoms with Crippen LogP contribution in [0, 0.1) is 0 Å². The van der Waals surface area contributed by atoms with Crippen LogP contribution in [0.25, 0.3) is 16.9 Å². The van der Waals surface area contributed by atoms with Gasteiger partial charge in [0.25, 0.3) is 5.56 Å². The van der Waals surface area contributed by atoms with E-state index < -0.39 is 11.2 Å². The van der Waals surface area contributed by atoms with E-state index in [1.165, 1.54) is 9.13 Å². The molecular weight excluding hydrogens is 258 g/mol. The molecule has 2 aromatic heterocycles. The molecule has 0 amide bonds. The minimum Gasteiger partial charge on any atom is -0.267 e. The van der Waals surface area contributed by atoms with Crippen molar-refractivity contribution in [2.75, 3.05) is 0 Å². The summed E-state index contributed by atoms with van der Waals surface area (Å²) >= 11 is 0. The van der Waals surface area contributed by atoms with Crippen LogP contribution in [0.3, 0.4) is 0 Å². The number of nitrogens with zero attached hydrogens (tertiary/aromatic N) is 4. The zero-order chi connectivity index (χ0) is 14.1. The molecule has 0 aliphatic rings. The van der Waals surface area contributed by atoms with Gasteiger partial charge in [-0.2, -0.15) is 5.21 Å². The minimum absolute atomic E-state index is 0.168. The van der Waals surface area contributed by atoms with E-state index in [-0.39, 0.29) is 11.2 Å². The van der Waals surface area contributed by atoms with Gasteiger partial charge in [0.15, 0.2) is 11.2 Å². The molecule has 3 aromatic rings. The Morgan fingerprint density at radius 1 is 1.15 bits per heavy atom. The molecule has 7 heteroatoms. The molecule has 20 heavy (non-hydrogen) atoms. The van der Waals surface area contributed by atoms with Gasteiger partial charge in [0.2, 0.25) is 0 Å². The number of benzene rings is 1. The van der Waals surface area contributed by atoms with Crippen molar-refractivity contribution in [2.45, 2.75) is 19.9 Å². The maximum Gasteiger partial charge on any atom is 0.337 e. The van der Waals surface area contributed by atoms with E-state index in [4.69, 9.17) is 0 Å². The first-order chi connectivity index (χ1) is 9.74. The molecule has 2 heterocycles. The Hall–Kier alpha value is -2.70. The lowest BCUT2D eigenvalue weighted by molar-refractivity contribution is 0.607. The van der Waals surface area contributed by atoms with E-state index in [0.29, 0.717) is 18.7 Å². The maximum atomic E-state index is 12.5. The summed E-state index contributed by atoms with van der Waals surface area (Å²) in [4.78, 5) is 24.7. The number of H-pyrrole nitrogens is 1. The lowest BCUT2D eigenvalue weighted by atomic mass is 10.3. The molecule has 0 fully saturated rings.